The minimum Gasteiger partial charge on any atom is -0.348 e. The molecule has 1 unspecified atom stereocenters. The quantitative estimate of drug-likeness (QED) is 0.721. The zero-order valence-electron chi connectivity index (χ0n) is 9.82. The molecule has 1 atom stereocenters. The molecule has 5 nitrogen and oxygen atoms in total. The fourth-order valence-electron chi connectivity index (χ4n) is 1.99. The van der Waals surface area contributed by atoms with Crippen molar-refractivity contribution in [1.29, 1.82) is 0 Å². The topological polar surface area (TPSA) is 89.3 Å². The molecule has 0 aliphatic heterocycles. The third-order valence-electron chi connectivity index (χ3n) is 3.35. The number of carbonyl (C=O) groups is 1. The predicted octanol–water partition coefficient (Wildman–Crippen LogP) is -0.193. The monoisotopic (exact) mass is 248 g/mol. The summed E-state index contributed by atoms with van der Waals surface area (Å²) in [6.07, 6.45) is 4.81. The van der Waals surface area contributed by atoms with Gasteiger partial charge in [-0.15, -0.1) is 0 Å². The van der Waals surface area contributed by atoms with Crippen molar-refractivity contribution in [3.05, 3.63) is 0 Å². The molecule has 1 rings (SSSR count). The highest BCUT2D eigenvalue weighted by molar-refractivity contribution is 7.92. The van der Waals surface area contributed by atoms with E-state index in [9.17, 15) is 13.2 Å². The summed E-state index contributed by atoms with van der Waals surface area (Å²) in [4.78, 5) is 11.8. The van der Waals surface area contributed by atoms with Gasteiger partial charge >= 0.3 is 0 Å². The zero-order chi connectivity index (χ0) is 12.4. The summed E-state index contributed by atoms with van der Waals surface area (Å²) < 4.78 is 22.5. The predicted molar refractivity (Wildman–Crippen MR) is 62.7 cm³/mol. The summed E-state index contributed by atoms with van der Waals surface area (Å²) in [6.45, 7) is 1.78. The van der Waals surface area contributed by atoms with Gasteiger partial charge in [0.2, 0.25) is 5.91 Å². The van der Waals surface area contributed by atoms with Gasteiger partial charge in [-0.25, -0.2) is 8.42 Å². The summed E-state index contributed by atoms with van der Waals surface area (Å²) in [5.74, 6) is -0.435. The second-order valence-electron chi connectivity index (χ2n) is 4.65. The summed E-state index contributed by atoms with van der Waals surface area (Å²) in [7, 11) is -3.33. The number of hydrogen-bond donors (Lipinski definition) is 2. The maximum Gasteiger partial charge on any atom is 0.238 e. The number of hydrogen-bond acceptors (Lipinski definition) is 4. The molecule has 0 saturated heterocycles. The number of nitrogens with two attached hydrogens (primary N) is 1. The number of nitrogens with one attached hydrogen (secondary N) is 1. The molecule has 0 spiro atoms. The maximum atomic E-state index is 11.8. The Labute approximate surface area is 96.7 Å². The van der Waals surface area contributed by atoms with Crippen molar-refractivity contribution in [3.63, 3.8) is 0 Å². The molecule has 1 aliphatic rings. The van der Waals surface area contributed by atoms with Gasteiger partial charge < -0.3 is 11.1 Å². The van der Waals surface area contributed by atoms with Crippen LogP contribution in [0.15, 0.2) is 0 Å². The lowest BCUT2D eigenvalue weighted by Crippen LogP contribution is -2.55. The highest BCUT2D eigenvalue weighted by Crippen LogP contribution is 2.28. The molecule has 1 saturated carbocycles. The van der Waals surface area contributed by atoms with E-state index in [1.807, 2.05) is 0 Å². The molecule has 0 aromatic carbocycles. The molecule has 0 heterocycles. The molecule has 0 radical (unpaired) electrons. The van der Waals surface area contributed by atoms with Crippen molar-refractivity contribution in [3.8, 4) is 0 Å². The van der Waals surface area contributed by atoms with Gasteiger partial charge in [0.05, 0.1) is 5.54 Å². The Morgan fingerprint density at radius 1 is 1.44 bits per heavy atom. The van der Waals surface area contributed by atoms with Crippen molar-refractivity contribution in [1.82, 2.24) is 5.32 Å². The van der Waals surface area contributed by atoms with Crippen LogP contribution in [0.25, 0.3) is 0 Å². The number of sulfone groups is 1. The van der Waals surface area contributed by atoms with Gasteiger partial charge in [-0.2, -0.15) is 0 Å². The third-order valence-corrected chi connectivity index (χ3v) is 4.85. The largest absolute Gasteiger partial charge is 0.348 e. The number of amides is 1. The van der Waals surface area contributed by atoms with Crippen LogP contribution in [0.4, 0.5) is 0 Å². The smallest absolute Gasteiger partial charge is 0.238 e. The fraction of sp³-hybridized carbons (Fsp3) is 0.900. The SMILES string of the molecule is CC(C(=O)NC1(CN)CCCC1)S(C)(=O)=O. The van der Waals surface area contributed by atoms with Crippen LogP contribution in [-0.2, 0) is 14.6 Å². The number of rotatable bonds is 4. The molecule has 1 amide bonds. The maximum absolute atomic E-state index is 11.8. The van der Waals surface area contributed by atoms with Crippen molar-refractivity contribution in [2.24, 2.45) is 5.73 Å². The Morgan fingerprint density at radius 3 is 2.31 bits per heavy atom. The Kier molecular flexibility index (Phi) is 3.96. The van der Waals surface area contributed by atoms with E-state index in [-0.39, 0.29) is 5.54 Å². The molecule has 94 valence electrons. The van der Waals surface area contributed by atoms with Crippen LogP contribution < -0.4 is 11.1 Å². The van der Waals surface area contributed by atoms with E-state index in [0.29, 0.717) is 6.54 Å². The highest BCUT2D eigenvalue weighted by Gasteiger charge is 2.36. The lowest BCUT2D eigenvalue weighted by atomic mass is 9.98. The normalized spacial score (nSPS) is 21.7. The van der Waals surface area contributed by atoms with E-state index in [2.05, 4.69) is 5.32 Å². The molecule has 16 heavy (non-hydrogen) atoms. The molecule has 0 aromatic heterocycles. The van der Waals surface area contributed by atoms with Crippen LogP contribution >= 0.6 is 0 Å². The lowest BCUT2D eigenvalue weighted by Gasteiger charge is -2.29. The van der Waals surface area contributed by atoms with Crippen molar-refractivity contribution in [2.75, 3.05) is 12.8 Å². The van der Waals surface area contributed by atoms with Gasteiger partial charge in [-0.1, -0.05) is 12.8 Å². The van der Waals surface area contributed by atoms with Crippen molar-refractivity contribution < 1.29 is 13.2 Å². The Hall–Kier alpha value is -0.620. The highest BCUT2D eigenvalue weighted by atomic mass is 32.2. The van der Waals surface area contributed by atoms with Gasteiger partial charge in [-0.05, 0) is 19.8 Å². The summed E-state index contributed by atoms with van der Waals surface area (Å²) in [5, 5.41) is 1.80. The third kappa shape index (κ3) is 2.95. The van der Waals surface area contributed by atoms with Gasteiger partial charge in [0.25, 0.3) is 0 Å². The Bertz CT molecular complexity index is 358. The van der Waals surface area contributed by atoms with Crippen LogP contribution in [0.2, 0.25) is 0 Å². The van der Waals surface area contributed by atoms with Crippen LogP contribution in [-0.4, -0.2) is 37.9 Å². The van der Waals surface area contributed by atoms with Crippen LogP contribution in [0.1, 0.15) is 32.6 Å². The van der Waals surface area contributed by atoms with E-state index in [0.717, 1.165) is 31.9 Å². The zero-order valence-corrected chi connectivity index (χ0v) is 10.6. The lowest BCUT2D eigenvalue weighted by molar-refractivity contribution is -0.122. The molecule has 6 heteroatoms. The van der Waals surface area contributed by atoms with Crippen molar-refractivity contribution in [2.45, 2.75) is 43.4 Å². The minimum absolute atomic E-state index is 0.370. The first-order valence-corrected chi connectivity index (χ1v) is 7.47. The van der Waals surface area contributed by atoms with Crippen LogP contribution in [0, 0.1) is 0 Å². The molecule has 1 fully saturated rings. The average Bonchev–Trinajstić information content (AvgIpc) is 2.64. The second-order valence-corrected chi connectivity index (χ2v) is 7.02. The van der Waals surface area contributed by atoms with Gasteiger partial charge in [0, 0.05) is 12.8 Å². The van der Waals surface area contributed by atoms with E-state index in [4.69, 9.17) is 5.73 Å². The Balaban J connectivity index is 2.70. The molecule has 1 aliphatic carbocycles. The first-order chi connectivity index (χ1) is 7.31. The standard InChI is InChI=1S/C10H20N2O3S/c1-8(16(2,14)15)9(13)12-10(7-11)5-3-4-6-10/h8H,3-7,11H2,1-2H3,(H,12,13). The molecule has 3 N–H and O–H groups in total. The Morgan fingerprint density at radius 2 is 1.94 bits per heavy atom. The average molecular weight is 248 g/mol. The minimum atomic E-state index is -3.33. The first kappa shape index (κ1) is 13.4. The summed E-state index contributed by atoms with van der Waals surface area (Å²) in [5.41, 5.74) is 5.28. The molecule has 0 bridgehead atoms. The molecular weight excluding hydrogens is 228 g/mol. The first-order valence-electron chi connectivity index (χ1n) is 5.52. The molecule has 0 aromatic rings. The van der Waals surface area contributed by atoms with Gasteiger partial charge in [0.15, 0.2) is 9.84 Å². The summed E-state index contributed by atoms with van der Waals surface area (Å²) >= 11 is 0. The number of carbonyl (C=O) groups excluding carboxylic acids is 1. The van der Waals surface area contributed by atoms with Gasteiger partial charge in [0.1, 0.15) is 5.25 Å². The second kappa shape index (κ2) is 4.71. The fourth-order valence-corrected chi connectivity index (χ4v) is 2.44. The van der Waals surface area contributed by atoms with Crippen molar-refractivity contribution >= 4 is 15.7 Å². The van der Waals surface area contributed by atoms with E-state index in [1.165, 1.54) is 6.92 Å². The summed E-state index contributed by atoms with van der Waals surface area (Å²) in [6, 6.07) is 0. The van der Waals surface area contributed by atoms with Gasteiger partial charge in [-0.3, -0.25) is 4.79 Å². The van der Waals surface area contributed by atoms with Crippen LogP contribution in [0.5, 0.6) is 0 Å². The van der Waals surface area contributed by atoms with E-state index < -0.39 is 21.0 Å². The molecular formula is C10H20N2O3S. The van der Waals surface area contributed by atoms with E-state index >= 15 is 0 Å². The van der Waals surface area contributed by atoms with E-state index in [1.54, 1.807) is 0 Å². The van der Waals surface area contributed by atoms with Crippen LogP contribution in [0.3, 0.4) is 0 Å².